The number of nitrogens with two attached hydrogens (primary N) is 1. The molecule has 0 bridgehead atoms. The number of benzene rings is 1. The Morgan fingerprint density at radius 2 is 2.00 bits per heavy atom. The quantitative estimate of drug-likeness (QED) is 0.784. The third kappa shape index (κ3) is 3.23. The smallest absolute Gasteiger partial charge is 0.134 e. The molecule has 1 aromatic carbocycles. The molecule has 0 aliphatic heterocycles. The van der Waals surface area contributed by atoms with E-state index in [0.717, 1.165) is 10.0 Å². The zero-order valence-electron chi connectivity index (χ0n) is 8.56. The van der Waals surface area contributed by atoms with Crippen molar-refractivity contribution in [1.82, 2.24) is 0 Å². The van der Waals surface area contributed by atoms with Crippen LogP contribution in [0.1, 0.15) is 17.2 Å². The highest BCUT2D eigenvalue weighted by molar-refractivity contribution is 9.11. The van der Waals surface area contributed by atoms with Gasteiger partial charge < -0.3 is 10.8 Å². The SMILES string of the molecule is Cl.N[C@@H](c1ccsc1)c1cc(Br)cc(Br)c1O. The fourth-order valence-corrected chi connectivity index (χ4v) is 3.41. The summed E-state index contributed by atoms with van der Waals surface area (Å²) in [6.07, 6.45) is 0. The van der Waals surface area contributed by atoms with E-state index in [-0.39, 0.29) is 24.2 Å². The van der Waals surface area contributed by atoms with E-state index in [1.165, 1.54) is 0 Å². The summed E-state index contributed by atoms with van der Waals surface area (Å²) < 4.78 is 1.53. The molecule has 1 atom stereocenters. The first-order valence-corrected chi connectivity index (χ1v) is 7.08. The third-order valence-electron chi connectivity index (χ3n) is 2.30. The number of thiophene rings is 1. The van der Waals surface area contributed by atoms with Crippen LogP contribution in [0, 0.1) is 0 Å². The van der Waals surface area contributed by atoms with Gasteiger partial charge in [-0.1, -0.05) is 15.9 Å². The fraction of sp³-hybridized carbons (Fsp3) is 0.0909. The van der Waals surface area contributed by atoms with E-state index < -0.39 is 0 Å². The van der Waals surface area contributed by atoms with Gasteiger partial charge in [-0.25, -0.2) is 0 Å². The summed E-state index contributed by atoms with van der Waals surface area (Å²) in [5.74, 6) is 0.196. The molecule has 6 heteroatoms. The van der Waals surface area contributed by atoms with Crippen LogP contribution in [0.2, 0.25) is 0 Å². The predicted octanol–water partition coefficient (Wildman–Crippen LogP) is 4.45. The number of hydrogen-bond acceptors (Lipinski definition) is 3. The Morgan fingerprint density at radius 1 is 1.29 bits per heavy atom. The number of rotatable bonds is 2. The van der Waals surface area contributed by atoms with Crippen LogP contribution in [0.3, 0.4) is 0 Å². The largest absolute Gasteiger partial charge is 0.506 e. The first-order valence-electron chi connectivity index (χ1n) is 4.55. The predicted molar refractivity (Wildman–Crippen MR) is 81.1 cm³/mol. The van der Waals surface area contributed by atoms with Gasteiger partial charge in [0, 0.05) is 10.0 Å². The molecule has 0 saturated heterocycles. The fourth-order valence-electron chi connectivity index (χ4n) is 1.45. The average molecular weight is 400 g/mol. The number of phenolic OH excluding ortho intramolecular Hbond substituents is 1. The van der Waals surface area contributed by atoms with Gasteiger partial charge in [0.05, 0.1) is 10.5 Å². The van der Waals surface area contributed by atoms with Crippen LogP contribution in [-0.4, -0.2) is 5.11 Å². The highest BCUT2D eigenvalue weighted by Crippen LogP contribution is 2.36. The van der Waals surface area contributed by atoms with E-state index in [0.29, 0.717) is 10.0 Å². The number of phenols is 1. The first-order chi connectivity index (χ1) is 7.59. The van der Waals surface area contributed by atoms with Gasteiger partial charge in [0.25, 0.3) is 0 Å². The third-order valence-corrected chi connectivity index (χ3v) is 4.06. The van der Waals surface area contributed by atoms with Crippen molar-refractivity contribution in [3.05, 3.63) is 49.0 Å². The van der Waals surface area contributed by atoms with E-state index in [9.17, 15) is 5.11 Å². The molecule has 0 spiro atoms. The molecule has 0 amide bonds. The zero-order valence-corrected chi connectivity index (χ0v) is 13.4. The van der Waals surface area contributed by atoms with Gasteiger partial charge in [0.1, 0.15) is 5.75 Å². The van der Waals surface area contributed by atoms with Gasteiger partial charge in [-0.15, -0.1) is 12.4 Å². The molecule has 0 saturated carbocycles. The number of aromatic hydroxyl groups is 1. The molecule has 0 aliphatic rings. The minimum Gasteiger partial charge on any atom is -0.506 e. The lowest BCUT2D eigenvalue weighted by atomic mass is 10.0. The Hall–Kier alpha value is -0.0700. The van der Waals surface area contributed by atoms with Gasteiger partial charge in [-0.2, -0.15) is 11.3 Å². The molecule has 1 aromatic heterocycles. The van der Waals surface area contributed by atoms with Crippen molar-refractivity contribution in [2.75, 3.05) is 0 Å². The standard InChI is InChI=1S/C11H9Br2NOS.ClH/c12-7-3-8(11(15)9(13)4-7)10(14)6-1-2-16-5-6;/h1-5,10,15H,14H2;1H/t10-;/m0./s1. The summed E-state index contributed by atoms with van der Waals surface area (Å²) in [7, 11) is 0. The summed E-state index contributed by atoms with van der Waals surface area (Å²) in [5.41, 5.74) is 7.82. The Bertz CT molecular complexity index is 504. The van der Waals surface area contributed by atoms with Crippen LogP contribution in [0.5, 0.6) is 5.75 Å². The second kappa shape index (κ2) is 6.20. The van der Waals surface area contributed by atoms with Crippen molar-refractivity contribution >= 4 is 55.6 Å². The molecule has 0 fully saturated rings. The molecule has 0 aliphatic carbocycles. The second-order valence-corrected chi connectivity index (χ2v) is 5.91. The highest BCUT2D eigenvalue weighted by Gasteiger charge is 2.16. The molecule has 0 unspecified atom stereocenters. The van der Waals surface area contributed by atoms with Gasteiger partial charge in [-0.3, -0.25) is 0 Å². The van der Waals surface area contributed by atoms with Crippen molar-refractivity contribution in [3.63, 3.8) is 0 Å². The van der Waals surface area contributed by atoms with Gasteiger partial charge in [0.15, 0.2) is 0 Å². The molecule has 17 heavy (non-hydrogen) atoms. The molecule has 2 aromatic rings. The van der Waals surface area contributed by atoms with E-state index in [4.69, 9.17) is 5.73 Å². The molecule has 92 valence electrons. The molecule has 0 radical (unpaired) electrons. The lowest BCUT2D eigenvalue weighted by molar-refractivity contribution is 0.461. The monoisotopic (exact) mass is 397 g/mol. The summed E-state index contributed by atoms with van der Waals surface area (Å²) in [6.45, 7) is 0. The van der Waals surface area contributed by atoms with Crippen molar-refractivity contribution in [2.45, 2.75) is 6.04 Å². The van der Waals surface area contributed by atoms with Crippen molar-refractivity contribution in [1.29, 1.82) is 0 Å². The summed E-state index contributed by atoms with van der Waals surface area (Å²) in [6, 6.07) is 5.28. The Kier molecular flexibility index (Phi) is 5.47. The van der Waals surface area contributed by atoms with Crippen LogP contribution >= 0.6 is 55.6 Å². The first kappa shape index (κ1) is 15.0. The maximum absolute atomic E-state index is 9.95. The highest BCUT2D eigenvalue weighted by atomic mass is 79.9. The van der Waals surface area contributed by atoms with Gasteiger partial charge >= 0.3 is 0 Å². The summed E-state index contributed by atoms with van der Waals surface area (Å²) in [4.78, 5) is 0. The molecular formula is C11H10Br2ClNOS. The maximum Gasteiger partial charge on any atom is 0.134 e. The minimum atomic E-state index is -0.306. The van der Waals surface area contributed by atoms with Crippen LogP contribution in [0.15, 0.2) is 37.9 Å². The summed E-state index contributed by atoms with van der Waals surface area (Å²) in [5, 5.41) is 13.9. The van der Waals surface area contributed by atoms with Crippen molar-refractivity contribution < 1.29 is 5.11 Å². The van der Waals surface area contributed by atoms with Gasteiger partial charge in [-0.05, 0) is 50.5 Å². The van der Waals surface area contributed by atoms with E-state index in [1.807, 2.05) is 22.9 Å². The van der Waals surface area contributed by atoms with Gasteiger partial charge in [0.2, 0.25) is 0 Å². The molecule has 1 heterocycles. The normalized spacial score (nSPS) is 11.9. The second-order valence-electron chi connectivity index (χ2n) is 3.36. The van der Waals surface area contributed by atoms with E-state index in [2.05, 4.69) is 31.9 Å². The Labute approximate surface area is 127 Å². The molecular weight excluding hydrogens is 389 g/mol. The maximum atomic E-state index is 9.95. The molecule has 2 rings (SSSR count). The lowest BCUT2D eigenvalue weighted by Gasteiger charge is -2.14. The van der Waals surface area contributed by atoms with Crippen LogP contribution in [0.4, 0.5) is 0 Å². The average Bonchev–Trinajstić information content (AvgIpc) is 2.75. The number of halogens is 3. The lowest BCUT2D eigenvalue weighted by Crippen LogP contribution is -2.11. The van der Waals surface area contributed by atoms with Crippen LogP contribution in [-0.2, 0) is 0 Å². The minimum absolute atomic E-state index is 0. The van der Waals surface area contributed by atoms with E-state index in [1.54, 1.807) is 17.4 Å². The Balaban J connectivity index is 0.00000144. The Morgan fingerprint density at radius 3 is 2.59 bits per heavy atom. The van der Waals surface area contributed by atoms with E-state index >= 15 is 0 Å². The van der Waals surface area contributed by atoms with Crippen molar-refractivity contribution in [3.8, 4) is 5.75 Å². The number of hydrogen-bond donors (Lipinski definition) is 2. The molecule has 2 nitrogen and oxygen atoms in total. The topological polar surface area (TPSA) is 46.2 Å². The molecule has 3 N–H and O–H groups in total. The van der Waals surface area contributed by atoms with Crippen LogP contribution < -0.4 is 5.73 Å². The van der Waals surface area contributed by atoms with Crippen LogP contribution in [0.25, 0.3) is 0 Å². The summed E-state index contributed by atoms with van der Waals surface area (Å²) >= 11 is 8.27. The zero-order chi connectivity index (χ0) is 11.7. The van der Waals surface area contributed by atoms with Crippen molar-refractivity contribution in [2.24, 2.45) is 5.73 Å².